The average molecular weight is 311 g/mol. The van der Waals surface area contributed by atoms with Crippen LogP contribution in [0.1, 0.15) is 23.7 Å². The minimum absolute atomic E-state index is 0.147. The predicted molar refractivity (Wildman–Crippen MR) is 76.8 cm³/mol. The van der Waals surface area contributed by atoms with Crippen molar-refractivity contribution in [2.75, 3.05) is 26.7 Å². The third kappa shape index (κ3) is 2.93. The Labute approximate surface area is 117 Å². The van der Waals surface area contributed by atoms with E-state index in [-0.39, 0.29) is 5.91 Å². The predicted octanol–water partition coefficient (Wildman–Crippen LogP) is 2.62. The van der Waals surface area contributed by atoms with Crippen LogP contribution in [0, 0.1) is 0 Å². The molecule has 0 N–H and O–H groups in total. The van der Waals surface area contributed by atoms with Crippen molar-refractivity contribution in [3.8, 4) is 0 Å². The van der Waals surface area contributed by atoms with Gasteiger partial charge in [-0.25, -0.2) is 0 Å². The van der Waals surface area contributed by atoms with Crippen LogP contribution in [0.3, 0.4) is 0 Å². The first kappa shape index (κ1) is 13.6. The molecule has 1 unspecified atom stereocenters. The van der Waals surface area contributed by atoms with Gasteiger partial charge in [-0.2, -0.15) is 0 Å². The van der Waals surface area contributed by atoms with Crippen molar-refractivity contribution in [2.24, 2.45) is 0 Å². The smallest absolute Gasteiger partial charge is 0.253 e. The molecule has 2 rings (SSSR count). The van der Waals surface area contributed by atoms with E-state index in [9.17, 15) is 4.79 Å². The molecule has 1 atom stereocenters. The van der Waals surface area contributed by atoms with Crippen LogP contribution in [0.4, 0.5) is 0 Å². The summed E-state index contributed by atoms with van der Waals surface area (Å²) in [6, 6.07) is 8.08. The molecule has 0 saturated carbocycles. The Hall–Kier alpha value is -0.870. The quantitative estimate of drug-likeness (QED) is 0.838. The fraction of sp³-hybridized carbons (Fsp3) is 0.500. The van der Waals surface area contributed by atoms with E-state index in [0.717, 1.165) is 36.1 Å². The van der Waals surface area contributed by atoms with Crippen molar-refractivity contribution < 1.29 is 4.79 Å². The highest BCUT2D eigenvalue weighted by Gasteiger charge is 2.26. The van der Waals surface area contributed by atoms with Crippen molar-refractivity contribution in [3.05, 3.63) is 34.3 Å². The molecular weight excluding hydrogens is 292 g/mol. The Morgan fingerprint density at radius 3 is 2.61 bits per heavy atom. The van der Waals surface area contributed by atoms with E-state index in [0.29, 0.717) is 6.04 Å². The van der Waals surface area contributed by atoms with Gasteiger partial charge in [0.05, 0.1) is 0 Å². The summed E-state index contributed by atoms with van der Waals surface area (Å²) in [5.74, 6) is 0.147. The van der Waals surface area contributed by atoms with Crippen LogP contribution in [0.5, 0.6) is 0 Å². The second-order valence-electron chi connectivity index (χ2n) is 4.80. The highest BCUT2D eigenvalue weighted by Crippen LogP contribution is 2.16. The zero-order valence-corrected chi connectivity index (χ0v) is 12.5. The maximum atomic E-state index is 12.4. The second-order valence-corrected chi connectivity index (χ2v) is 5.72. The fourth-order valence-corrected chi connectivity index (χ4v) is 2.61. The van der Waals surface area contributed by atoms with Crippen LogP contribution in [0.2, 0.25) is 0 Å². The maximum Gasteiger partial charge on any atom is 0.253 e. The molecular formula is C14H19BrN2O. The van der Waals surface area contributed by atoms with Crippen LogP contribution in [0.15, 0.2) is 28.7 Å². The zero-order chi connectivity index (χ0) is 13.1. The van der Waals surface area contributed by atoms with E-state index in [1.807, 2.05) is 29.2 Å². The normalized spacial score (nSPS) is 21.1. The van der Waals surface area contributed by atoms with E-state index in [2.05, 4.69) is 34.8 Å². The molecule has 1 aromatic carbocycles. The molecule has 1 aliphatic rings. The van der Waals surface area contributed by atoms with Crippen LogP contribution < -0.4 is 0 Å². The number of likely N-dealkylation sites (N-methyl/N-ethyl adjacent to an activating group) is 1. The maximum absolute atomic E-state index is 12.4. The van der Waals surface area contributed by atoms with E-state index in [4.69, 9.17) is 0 Å². The summed E-state index contributed by atoms with van der Waals surface area (Å²) in [7, 11) is 2.13. The van der Waals surface area contributed by atoms with Gasteiger partial charge in [0.15, 0.2) is 0 Å². The van der Waals surface area contributed by atoms with Crippen molar-refractivity contribution in [1.82, 2.24) is 9.80 Å². The Morgan fingerprint density at radius 2 is 2.00 bits per heavy atom. The Kier molecular flexibility index (Phi) is 4.40. The number of rotatable bonds is 2. The number of piperazine rings is 1. The molecule has 0 aliphatic carbocycles. The second kappa shape index (κ2) is 5.85. The molecule has 3 nitrogen and oxygen atoms in total. The highest BCUT2D eigenvalue weighted by molar-refractivity contribution is 9.10. The van der Waals surface area contributed by atoms with Gasteiger partial charge in [0.2, 0.25) is 0 Å². The molecule has 1 fully saturated rings. The van der Waals surface area contributed by atoms with Gasteiger partial charge in [0.1, 0.15) is 0 Å². The molecule has 0 radical (unpaired) electrons. The summed E-state index contributed by atoms with van der Waals surface area (Å²) in [6.07, 6.45) is 1.08. The summed E-state index contributed by atoms with van der Waals surface area (Å²) in [5.41, 5.74) is 0.776. The van der Waals surface area contributed by atoms with Crippen molar-refractivity contribution in [3.63, 3.8) is 0 Å². The number of carbonyl (C=O) groups is 1. The van der Waals surface area contributed by atoms with Gasteiger partial charge in [0.25, 0.3) is 5.91 Å². The SMILES string of the molecule is CCC1CN(C(=O)c2ccc(Br)cc2)CCN1C. The summed E-state index contributed by atoms with van der Waals surface area (Å²) in [4.78, 5) is 16.7. The van der Waals surface area contributed by atoms with Crippen LogP contribution in [-0.4, -0.2) is 48.4 Å². The molecule has 1 amide bonds. The average Bonchev–Trinajstić information content (AvgIpc) is 2.39. The number of amides is 1. The van der Waals surface area contributed by atoms with Gasteiger partial charge < -0.3 is 4.90 Å². The molecule has 1 heterocycles. The minimum atomic E-state index is 0.147. The molecule has 98 valence electrons. The third-order valence-corrected chi connectivity index (χ3v) is 4.16. The number of nitrogens with zero attached hydrogens (tertiary/aromatic N) is 2. The largest absolute Gasteiger partial charge is 0.336 e. The topological polar surface area (TPSA) is 23.6 Å². The van der Waals surface area contributed by atoms with Gasteiger partial charge >= 0.3 is 0 Å². The molecule has 4 heteroatoms. The van der Waals surface area contributed by atoms with Gasteiger partial charge in [-0.05, 0) is 37.7 Å². The summed E-state index contributed by atoms with van der Waals surface area (Å²) >= 11 is 3.39. The lowest BCUT2D eigenvalue weighted by Gasteiger charge is -2.39. The van der Waals surface area contributed by atoms with E-state index in [1.165, 1.54) is 0 Å². The molecule has 18 heavy (non-hydrogen) atoms. The number of carbonyl (C=O) groups excluding carboxylic acids is 1. The minimum Gasteiger partial charge on any atom is -0.336 e. The zero-order valence-electron chi connectivity index (χ0n) is 10.9. The molecule has 0 bridgehead atoms. The molecule has 0 spiro atoms. The van der Waals surface area contributed by atoms with E-state index in [1.54, 1.807) is 0 Å². The van der Waals surface area contributed by atoms with Crippen molar-refractivity contribution in [2.45, 2.75) is 19.4 Å². The Bertz CT molecular complexity index is 418. The van der Waals surface area contributed by atoms with Gasteiger partial charge in [-0.3, -0.25) is 9.69 Å². The Morgan fingerprint density at radius 1 is 1.33 bits per heavy atom. The Balaban J connectivity index is 2.07. The monoisotopic (exact) mass is 310 g/mol. The lowest BCUT2D eigenvalue weighted by Crippen LogP contribution is -2.52. The summed E-state index contributed by atoms with van der Waals surface area (Å²) < 4.78 is 1.00. The first-order valence-electron chi connectivity index (χ1n) is 6.37. The standard InChI is InChI=1S/C14H19BrN2O/c1-3-13-10-17(9-8-16(13)2)14(18)11-4-6-12(15)7-5-11/h4-7,13H,3,8-10H2,1-2H3. The number of hydrogen-bond acceptors (Lipinski definition) is 2. The van der Waals surface area contributed by atoms with Crippen molar-refractivity contribution >= 4 is 21.8 Å². The first-order chi connectivity index (χ1) is 8.61. The fourth-order valence-electron chi connectivity index (χ4n) is 2.35. The molecule has 1 saturated heterocycles. The van der Waals surface area contributed by atoms with E-state index < -0.39 is 0 Å². The number of halogens is 1. The van der Waals surface area contributed by atoms with E-state index >= 15 is 0 Å². The molecule has 1 aliphatic heterocycles. The van der Waals surface area contributed by atoms with Crippen LogP contribution in [0.25, 0.3) is 0 Å². The first-order valence-corrected chi connectivity index (χ1v) is 7.16. The summed E-state index contributed by atoms with van der Waals surface area (Å²) in [6.45, 7) is 4.79. The van der Waals surface area contributed by atoms with Crippen LogP contribution in [-0.2, 0) is 0 Å². The lowest BCUT2D eigenvalue weighted by molar-refractivity contribution is 0.0542. The van der Waals surface area contributed by atoms with Gasteiger partial charge in [-0.15, -0.1) is 0 Å². The lowest BCUT2D eigenvalue weighted by atomic mass is 10.1. The summed E-state index contributed by atoms with van der Waals surface area (Å²) in [5, 5.41) is 0. The highest BCUT2D eigenvalue weighted by atomic mass is 79.9. The third-order valence-electron chi connectivity index (χ3n) is 3.63. The van der Waals surface area contributed by atoms with Gasteiger partial charge in [0, 0.05) is 35.7 Å². The molecule has 1 aromatic rings. The van der Waals surface area contributed by atoms with Gasteiger partial charge in [-0.1, -0.05) is 22.9 Å². The number of benzene rings is 1. The molecule has 0 aromatic heterocycles. The number of hydrogen-bond donors (Lipinski definition) is 0. The van der Waals surface area contributed by atoms with Crippen LogP contribution >= 0.6 is 15.9 Å². The van der Waals surface area contributed by atoms with Crippen molar-refractivity contribution in [1.29, 1.82) is 0 Å².